The van der Waals surface area contributed by atoms with E-state index in [0.717, 1.165) is 0 Å². The molecule has 0 spiro atoms. The third-order valence-electron chi connectivity index (χ3n) is 1.45. The van der Waals surface area contributed by atoms with Crippen LogP contribution in [-0.4, -0.2) is 24.6 Å². The van der Waals surface area contributed by atoms with Crippen LogP contribution in [0.15, 0.2) is 23.2 Å². The van der Waals surface area contributed by atoms with Gasteiger partial charge in [-0.05, 0) is 18.6 Å². The first-order valence-corrected chi connectivity index (χ1v) is 5.65. The molecular weight excluding hydrogens is 158 g/mol. The van der Waals surface area contributed by atoms with Gasteiger partial charge in [-0.1, -0.05) is 0 Å². The van der Waals surface area contributed by atoms with E-state index in [4.69, 9.17) is 4.74 Å². The predicted octanol–water partition coefficient (Wildman–Crippen LogP) is 1.71. The number of rotatable bonds is 2. The highest BCUT2D eigenvalue weighted by Gasteiger charge is 1.95. The summed E-state index contributed by atoms with van der Waals surface area (Å²) < 4.78 is 4.95. The molecule has 1 rings (SSSR count). The van der Waals surface area contributed by atoms with Crippen molar-refractivity contribution < 1.29 is 4.74 Å². The van der Waals surface area contributed by atoms with Crippen LogP contribution in [0, 0.1) is 0 Å². The van der Waals surface area contributed by atoms with Gasteiger partial charge in [0.05, 0.1) is 7.11 Å². The molecule has 0 bridgehead atoms. The first-order chi connectivity index (χ1) is 5.24. The van der Waals surface area contributed by atoms with Crippen molar-refractivity contribution in [3.8, 4) is 5.88 Å². The summed E-state index contributed by atoms with van der Waals surface area (Å²) in [6.45, 7) is 0. The number of hydrogen-bond acceptors (Lipinski definition) is 2. The lowest BCUT2D eigenvalue weighted by Gasteiger charge is -2.08. The van der Waals surface area contributed by atoms with Crippen molar-refractivity contribution >= 4 is 10.9 Å². The largest absolute Gasteiger partial charge is 0.481 e. The standard InChI is InChI=1S/C8H13NOS/c1-10-8-5-4-7(6-9-8)11(2)3/h4-6,11H,1-3H3. The zero-order valence-electron chi connectivity index (χ0n) is 7.03. The summed E-state index contributed by atoms with van der Waals surface area (Å²) in [4.78, 5) is 5.42. The summed E-state index contributed by atoms with van der Waals surface area (Å²) in [5, 5.41) is 0. The number of pyridine rings is 1. The van der Waals surface area contributed by atoms with Gasteiger partial charge in [0.1, 0.15) is 0 Å². The third-order valence-corrected chi connectivity index (χ3v) is 2.74. The van der Waals surface area contributed by atoms with Gasteiger partial charge in [-0.3, -0.25) is 0 Å². The molecule has 0 aliphatic heterocycles. The molecule has 0 N–H and O–H groups in total. The minimum Gasteiger partial charge on any atom is -0.481 e. The molecule has 0 aromatic carbocycles. The summed E-state index contributed by atoms with van der Waals surface area (Å²) in [6.07, 6.45) is 6.29. The lowest BCUT2D eigenvalue weighted by atomic mass is 10.5. The Morgan fingerprint density at radius 2 is 2.09 bits per heavy atom. The van der Waals surface area contributed by atoms with Crippen LogP contribution in [0.4, 0.5) is 0 Å². The SMILES string of the molecule is COc1ccc([SH](C)C)cn1. The zero-order valence-corrected chi connectivity index (χ0v) is 7.93. The normalized spacial score (nSPS) is 11.0. The molecule has 0 atom stereocenters. The molecule has 1 heterocycles. The van der Waals surface area contributed by atoms with E-state index in [1.807, 2.05) is 12.3 Å². The summed E-state index contributed by atoms with van der Waals surface area (Å²) >= 11 is 0. The van der Waals surface area contributed by atoms with Crippen LogP contribution < -0.4 is 4.74 Å². The van der Waals surface area contributed by atoms with Crippen molar-refractivity contribution in [2.24, 2.45) is 0 Å². The second-order valence-electron chi connectivity index (χ2n) is 2.45. The Balaban J connectivity index is 2.83. The smallest absolute Gasteiger partial charge is 0.212 e. The number of nitrogens with zero attached hydrogens (tertiary/aromatic N) is 1. The van der Waals surface area contributed by atoms with Crippen LogP contribution in [0.1, 0.15) is 0 Å². The minimum atomic E-state index is -0.0310. The molecule has 0 aliphatic rings. The quantitative estimate of drug-likeness (QED) is 0.684. The van der Waals surface area contributed by atoms with Crippen LogP contribution in [0.5, 0.6) is 5.88 Å². The molecule has 11 heavy (non-hydrogen) atoms. The fourth-order valence-corrected chi connectivity index (χ4v) is 1.42. The highest BCUT2D eigenvalue weighted by Crippen LogP contribution is 2.27. The molecule has 2 nitrogen and oxygen atoms in total. The minimum absolute atomic E-state index is 0.0310. The summed E-state index contributed by atoms with van der Waals surface area (Å²) in [7, 11) is 1.60. The molecule has 0 radical (unpaired) electrons. The Labute approximate surface area is 70.0 Å². The number of hydrogen-bond donors (Lipinski definition) is 1. The molecule has 62 valence electrons. The monoisotopic (exact) mass is 171 g/mol. The summed E-state index contributed by atoms with van der Waals surface area (Å²) in [5.41, 5.74) is 0. The second-order valence-corrected chi connectivity index (χ2v) is 4.76. The fraction of sp³-hybridized carbons (Fsp3) is 0.375. The molecular formula is C8H13NOS. The van der Waals surface area contributed by atoms with Gasteiger partial charge in [0.2, 0.25) is 5.88 Å². The first-order valence-electron chi connectivity index (χ1n) is 3.41. The van der Waals surface area contributed by atoms with E-state index in [1.165, 1.54) is 4.90 Å². The van der Waals surface area contributed by atoms with E-state index in [-0.39, 0.29) is 10.9 Å². The van der Waals surface area contributed by atoms with Crippen LogP contribution in [-0.2, 0) is 0 Å². The van der Waals surface area contributed by atoms with E-state index in [1.54, 1.807) is 7.11 Å². The Morgan fingerprint density at radius 1 is 1.36 bits per heavy atom. The highest BCUT2D eigenvalue weighted by molar-refractivity contribution is 8.15. The Kier molecular flexibility index (Phi) is 2.76. The summed E-state index contributed by atoms with van der Waals surface area (Å²) in [5.74, 6) is 0.686. The molecule has 1 aromatic rings. The topological polar surface area (TPSA) is 22.1 Å². The average Bonchev–Trinajstić information content (AvgIpc) is 2.05. The van der Waals surface area contributed by atoms with Gasteiger partial charge in [0.15, 0.2) is 0 Å². The van der Waals surface area contributed by atoms with Gasteiger partial charge >= 0.3 is 0 Å². The van der Waals surface area contributed by atoms with E-state index < -0.39 is 0 Å². The van der Waals surface area contributed by atoms with Crippen LogP contribution >= 0.6 is 10.9 Å². The highest BCUT2D eigenvalue weighted by atomic mass is 32.2. The van der Waals surface area contributed by atoms with Crippen molar-refractivity contribution in [1.29, 1.82) is 0 Å². The van der Waals surface area contributed by atoms with E-state index >= 15 is 0 Å². The van der Waals surface area contributed by atoms with Crippen molar-refractivity contribution in [2.75, 3.05) is 19.6 Å². The molecule has 0 saturated carbocycles. The van der Waals surface area contributed by atoms with Gasteiger partial charge in [-0.15, -0.1) is 0 Å². The molecule has 0 unspecified atom stereocenters. The molecule has 0 fully saturated rings. The number of ether oxygens (including phenoxy) is 1. The van der Waals surface area contributed by atoms with Gasteiger partial charge < -0.3 is 4.74 Å². The second kappa shape index (κ2) is 3.62. The third kappa shape index (κ3) is 2.12. The molecule has 3 heteroatoms. The van der Waals surface area contributed by atoms with Gasteiger partial charge in [0.25, 0.3) is 0 Å². The van der Waals surface area contributed by atoms with Crippen molar-refractivity contribution in [2.45, 2.75) is 4.90 Å². The molecule has 0 aliphatic carbocycles. The Morgan fingerprint density at radius 3 is 2.45 bits per heavy atom. The zero-order chi connectivity index (χ0) is 8.27. The van der Waals surface area contributed by atoms with Crippen LogP contribution in [0.2, 0.25) is 0 Å². The maximum atomic E-state index is 4.95. The van der Waals surface area contributed by atoms with Gasteiger partial charge in [-0.25, -0.2) is 15.9 Å². The average molecular weight is 171 g/mol. The maximum absolute atomic E-state index is 4.95. The Hall–Kier alpha value is -0.700. The lowest BCUT2D eigenvalue weighted by Crippen LogP contribution is -1.87. The fourth-order valence-electron chi connectivity index (χ4n) is 0.758. The lowest BCUT2D eigenvalue weighted by molar-refractivity contribution is 0.397. The molecule has 0 amide bonds. The van der Waals surface area contributed by atoms with Crippen LogP contribution in [0.3, 0.4) is 0 Å². The maximum Gasteiger partial charge on any atom is 0.212 e. The van der Waals surface area contributed by atoms with E-state index in [9.17, 15) is 0 Å². The number of aromatic nitrogens is 1. The summed E-state index contributed by atoms with van der Waals surface area (Å²) in [6, 6.07) is 3.97. The first kappa shape index (κ1) is 8.40. The van der Waals surface area contributed by atoms with E-state index in [2.05, 4.69) is 23.6 Å². The number of methoxy groups -OCH3 is 1. The molecule has 1 aromatic heterocycles. The van der Waals surface area contributed by atoms with Crippen LogP contribution in [0.25, 0.3) is 0 Å². The van der Waals surface area contributed by atoms with Crippen molar-refractivity contribution in [3.05, 3.63) is 18.3 Å². The van der Waals surface area contributed by atoms with E-state index in [0.29, 0.717) is 5.88 Å². The van der Waals surface area contributed by atoms with Crippen molar-refractivity contribution in [1.82, 2.24) is 4.98 Å². The van der Waals surface area contributed by atoms with Crippen molar-refractivity contribution in [3.63, 3.8) is 0 Å². The molecule has 0 saturated heterocycles. The number of thiol groups is 1. The Bertz CT molecular complexity index is 220. The predicted molar refractivity (Wildman–Crippen MR) is 49.9 cm³/mol. The van der Waals surface area contributed by atoms with Gasteiger partial charge in [0, 0.05) is 17.2 Å². The van der Waals surface area contributed by atoms with Gasteiger partial charge in [-0.2, -0.15) is 0 Å².